The largest absolute Gasteiger partial charge is 0.386 e. The second-order valence-electron chi connectivity index (χ2n) is 11.5. The van der Waals surface area contributed by atoms with Crippen LogP contribution in [0, 0.1) is 12.7 Å². The highest BCUT2D eigenvalue weighted by molar-refractivity contribution is 5.96. The molecule has 2 aromatic carbocycles. The maximum absolute atomic E-state index is 15.7. The molecular formula is C40H58FN11. The number of benzene rings is 2. The van der Waals surface area contributed by atoms with E-state index in [0.29, 0.717) is 54.3 Å². The Labute approximate surface area is 309 Å². The molecule has 0 saturated heterocycles. The Bertz CT molecular complexity index is 1850. The lowest BCUT2D eigenvalue weighted by Crippen LogP contribution is -2.28. The average Bonchev–Trinajstić information content (AvgIpc) is 3.59. The van der Waals surface area contributed by atoms with Crippen LogP contribution in [0.25, 0.3) is 22.6 Å². The molecule has 52 heavy (non-hydrogen) atoms. The third kappa shape index (κ3) is 12.1. The Kier molecular flexibility index (Phi) is 18.3. The number of allylic oxidation sites excluding steroid dienone is 2. The van der Waals surface area contributed by atoms with Crippen molar-refractivity contribution in [3.8, 4) is 11.3 Å². The van der Waals surface area contributed by atoms with Crippen LogP contribution in [0.1, 0.15) is 63.3 Å². The van der Waals surface area contributed by atoms with E-state index in [4.69, 9.17) is 17.2 Å². The van der Waals surface area contributed by atoms with Gasteiger partial charge in [0, 0.05) is 86.0 Å². The van der Waals surface area contributed by atoms with Crippen LogP contribution in [0.3, 0.4) is 0 Å². The van der Waals surface area contributed by atoms with Crippen molar-refractivity contribution in [3.05, 3.63) is 108 Å². The Balaban J connectivity index is 0.000000930. The van der Waals surface area contributed by atoms with Crippen LogP contribution in [0.4, 0.5) is 15.9 Å². The number of aryl methyl sites for hydroxylation is 1. The summed E-state index contributed by atoms with van der Waals surface area (Å²) in [5, 5.41) is 9.96. The number of hydrogen-bond donors (Lipinski definition) is 6. The lowest BCUT2D eigenvalue weighted by atomic mass is 9.98. The average molecular weight is 712 g/mol. The lowest BCUT2D eigenvalue weighted by molar-refractivity contribution is 0.619. The van der Waals surface area contributed by atoms with Crippen LogP contribution < -0.4 is 33.2 Å². The van der Waals surface area contributed by atoms with Gasteiger partial charge in [-0.3, -0.25) is 14.4 Å². The van der Waals surface area contributed by atoms with Gasteiger partial charge in [-0.05, 0) is 67.7 Å². The molecule has 0 unspecified atom stereocenters. The molecule has 0 aliphatic heterocycles. The van der Waals surface area contributed by atoms with Crippen molar-refractivity contribution in [1.29, 1.82) is 0 Å². The van der Waals surface area contributed by atoms with E-state index in [1.165, 1.54) is 0 Å². The van der Waals surface area contributed by atoms with Gasteiger partial charge >= 0.3 is 0 Å². The minimum Gasteiger partial charge on any atom is -0.386 e. The second-order valence-corrected chi connectivity index (χ2v) is 11.5. The van der Waals surface area contributed by atoms with E-state index < -0.39 is 0 Å². The summed E-state index contributed by atoms with van der Waals surface area (Å²) in [6.07, 6.45) is 11.5. The standard InChI is InChI=1S/C34H41FN8.C4H11N3.C2H6/c1-7-9-27(37-6)19-26-10-12-30(32(35)23(26)4)31-21-41-34-33(40-16-17-43(31)34)42-28-11-13-29(25(8-2)18-28)24(5)39-15-14-38-22(3)20-36;1-2-3-7-4(5)6;1-2/h7,9-13,16-18,21,38-39H,3,5,8,14-15,19-20,36H2,1-2,4,6H3,(H,40,42);2-3H2,1H3,(H4,5,6,7);1-2H3/b9-7-,37-27?;;. The van der Waals surface area contributed by atoms with Gasteiger partial charge < -0.3 is 33.2 Å². The first-order valence-electron chi connectivity index (χ1n) is 17.8. The number of anilines is 2. The first-order valence-corrected chi connectivity index (χ1v) is 17.8. The topological polar surface area (TPSA) is 169 Å². The molecule has 12 heteroatoms. The van der Waals surface area contributed by atoms with E-state index >= 15 is 4.39 Å². The molecule has 0 atom stereocenters. The van der Waals surface area contributed by atoms with Gasteiger partial charge in [-0.1, -0.05) is 59.1 Å². The number of aromatic nitrogens is 3. The number of nitrogens with two attached hydrogens (primary N) is 3. The van der Waals surface area contributed by atoms with Crippen molar-refractivity contribution in [2.24, 2.45) is 27.2 Å². The summed E-state index contributed by atoms with van der Waals surface area (Å²) in [6.45, 7) is 22.5. The van der Waals surface area contributed by atoms with Crippen LogP contribution in [-0.2, 0) is 12.8 Å². The predicted molar refractivity (Wildman–Crippen MR) is 220 cm³/mol. The van der Waals surface area contributed by atoms with Gasteiger partial charge in [-0.25, -0.2) is 14.4 Å². The highest BCUT2D eigenvalue weighted by Gasteiger charge is 2.17. The number of halogens is 1. The van der Waals surface area contributed by atoms with E-state index in [2.05, 4.69) is 62.1 Å². The molecule has 4 aromatic rings. The van der Waals surface area contributed by atoms with Crippen molar-refractivity contribution < 1.29 is 4.39 Å². The molecule has 0 aliphatic rings. The summed E-state index contributed by atoms with van der Waals surface area (Å²) in [6, 6.07) is 9.91. The van der Waals surface area contributed by atoms with Gasteiger partial charge in [0.2, 0.25) is 0 Å². The van der Waals surface area contributed by atoms with E-state index in [1.807, 2.05) is 75.4 Å². The Morgan fingerprint density at radius 1 is 1.04 bits per heavy atom. The Morgan fingerprint density at radius 3 is 2.38 bits per heavy atom. The van der Waals surface area contributed by atoms with E-state index in [1.54, 1.807) is 25.6 Å². The van der Waals surface area contributed by atoms with Crippen LogP contribution in [0.15, 0.2) is 89.9 Å². The molecule has 0 fully saturated rings. The predicted octanol–water partition coefficient (Wildman–Crippen LogP) is 6.66. The number of nitrogens with zero attached hydrogens (tertiary/aromatic N) is 5. The lowest BCUT2D eigenvalue weighted by Gasteiger charge is -2.16. The quantitative estimate of drug-likeness (QED) is 0.0426. The third-order valence-electron chi connectivity index (χ3n) is 7.90. The summed E-state index contributed by atoms with van der Waals surface area (Å²) in [4.78, 5) is 17.2. The molecule has 4 rings (SSSR count). The smallest absolute Gasteiger partial charge is 0.185 e. The van der Waals surface area contributed by atoms with Crippen LogP contribution >= 0.6 is 0 Å². The van der Waals surface area contributed by atoms with Crippen molar-refractivity contribution in [2.45, 2.75) is 60.8 Å². The van der Waals surface area contributed by atoms with Gasteiger partial charge in [0.15, 0.2) is 17.4 Å². The van der Waals surface area contributed by atoms with Gasteiger partial charge in [0.25, 0.3) is 0 Å². The highest BCUT2D eigenvalue weighted by atomic mass is 19.1. The molecule has 2 aromatic heterocycles. The van der Waals surface area contributed by atoms with Crippen LogP contribution in [0.5, 0.6) is 0 Å². The van der Waals surface area contributed by atoms with Crippen LogP contribution in [-0.4, -0.2) is 59.3 Å². The second kappa shape index (κ2) is 22.4. The molecule has 2 heterocycles. The first kappa shape index (κ1) is 42.7. The maximum atomic E-state index is 15.7. The highest BCUT2D eigenvalue weighted by Crippen LogP contribution is 2.30. The number of guanidine groups is 1. The Morgan fingerprint density at radius 2 is 1.77 bits per heavy atom. The van der Waals surface area contributed by atoms with Crippen molar-refractivity contribution in [1.82, 2.24) is 25.0 Å². The van der Waals surface area contributed by atoms with E-state index in [0.717, 1.165) is 58.9 Å². The van der Waals surface area contributed by atoms with Gasteiger partial charge in [-0.15, -0.1) is 0 Å². The molecule has 0 aliphatic carbocycles. The summed E-state index contributed by atoms with van der Waals surface area (Å²) in [5.41, 5.74) is 24.5. The number of hydrogen-bond acceptors (Lipinski definition) is 8. The SMILES string of the molecule is C=C(CN)NCCNC(=C)c1ccc(Nc2nccn3c(-c4ccc(CC(/C=C\C)=NC)c(C)c4F)cnc23)cc1CC.CC.CCCN=C(N)N. The Hall–Kier alpha value is -5.49. The van der Waals surface area contributed by atoms with Gasteiger partial charge in [0.1, 0.15) is 5.82 Å². The van der Waals surface area contributed by atoms with Crippen molar-refractivity contribution in [2.75, 3.05) is 38.5 Å². The summed E-state index contributed by atoms with van der Waals surface area (Å²) in [7, 11) is 1.75. The third-order valence-corrected chi connectivity index (χ3v) is 7.90. The molecule has 9 N–H and O–H groups in total. The zero-order valence-corrected chi connectivity index (χ0v) is 32.0. The zero-order chi connectivity index (χ0) is 38.6. The molecule has 0 amide bonds. The molecule has 0 bridgehead atoms. The first-order chi connectivity index (χ1) is 25.1. The summed E-state index contributed by atoms with van der Waals surface area (Å²) < 4.78 is 17.6. The minimum atomic E-state index is -0.265. The van der Waals surface area contributed by atoms with Crippen molar-refractivity contribution >= 4 is 34.5 Å². The number of fused-ring (bicyclic) bond motifs is 1. The fourth-order valence-corrected chi connectivity index (χ4v) is 5.18. The molecule has 11 nitrogen and oxygen atoms in total. The van der Waals surface area contributed by atoms with Gasteiger partial charge in [-0.2, -0.15) is 0 Å². The summed E-state index contributed by atoms with van der Waals surface area (Å²) in [5.74, 6) is 0.496. The van der Waals surface area contributed by atoms with Crippen LogP contribution in [0.2, 0.25) is 0 Å². The minimum absolute atomic E-state index is 0.182. The normalized spacial score (nSPS) is 10.9. The fraction of sp³-hybridized carbons (Fsp3) is 0.350. The molecule has 0 spiro atoms. The van der Waals surface area contributed by atoms with Crippen molar-refractivity contribution in [3.63, 3.8) is 0 Å². The fourth-order valence-electron chi connectivity index (χ4n) is 5.18. The number of imidazole rings is 1. The zero-order valence-electron chi connectivity index (χ0n) is 32.0. The molecule has 0 saturated carbocycles. The number of nitrogens with one attached hydrogen (secondary N) is 3. The van der Waals surface area contributed by atoms with Gasteiger partial charge in [0.05, 0.1) is 11.9 Å². The van der Waals surface area contributed by atoms with E-state index in [9.17, 15) is 0 Å². The molecule has 0 radical (unpaired) electrons. The molecular weight excluding hydrogens is 654 g/mol. The van der Waals surface area contributed by atoms with E-state index in [-0.39, 0.29) is 11.8 Å². The molecule has 280 valence electrons. The monoisotopic (exact) mass is 711 g/mol. The number of rotatable bonds is 16. The maximum Gasteiger partial charge on any atom is 0.185 e. The summed E-state index contributed by atoms with van der Waals surface area (Å²) >= 11 is 0. The number of aliphatic imine (C=N–C) groups is 2.